The Morgan fingerprint density at radius 2 is 1.88 bits per heavy atom. The maximum Gasteiger partial charge on any atom is 0.168 e. The number of benzene rings is 1. The average molecular weight is 327 g/mol. The average Bonchev–Trinajstić information content (AvgIpc) is 3.24. The van der Waals surface area contributed by atoms with Crippen molar-refractivity contribution in [2.24, 2.45) is 5.16 Å². The number of nitrogens with zero attached hydrogens (tertiary/aromatic N) is 1. The molecule has 1 aromatic carbocycles. The molecule has 24 heavy (non-hydrogen) atoms. The van der Waals surface area contributed by atoms with Crippen LogP contribution in [0.2, 0.25) is 0 Å². The highest BCUT2D eigenvalue weighted by atomic mass is 16.7. The van der Waals surface area contributed by atoms with Crippen molar-refractivity contribution in [3.63, 3.8) is 0 Å². The Morgan fingerprint density at radius 3 is 2.62 bits per heavy atom. The molecule has 1 saturated heterocycles. The normalized spacial score (nSPS) is 23.5. The van der Waals surface area contributed by atoms with Gasteiger partial charge in [0.25, 0.3) is 0 Å². The van der Waals surface area contributed by atoms with Gasteiger partial charge in [-0.05, 0) is 37.0 Å². The van der Waals surface area contributed by atoms with Crippen LogP contribution in [0, 0.1) is 11.8 Å². The van der Waals surface area contributed by atoms with Crippen molar-refractivity contribution in [1.82, 2.24) is 0 Å². The van der Waals surface area contributed by atoms with Crippen LogP contribution < -0.4 is 4.74 Å². The van der Waals surface area contributed by atoms with Crippen LogP contribution in [0.25, 0.3) is 0 Å². The summed E-state index contributed by atoms with van der Waals surface area (Å²) in [5.41, 5.74) is 1.49. The van der Waals surface area contributed by atoms with Gasteiger partial charge in [-0.25, -0.2) is 0 Å². The van der Waals surface area contributed by atoms with Gasteiger partial charge in [-0.2, -0.15) is 0 Å². The first kappa shape index (κ1) is 15.5. The predicted octanol–water partition coefficient (Wildman–Crippen LogP) is 2.88. The van der Waals surface area contributed by atoms with Crippen LogP contribution in [0.3, 0.4) is 0 Å². The van der Waals surface area contributed by atoms with Crippen molar-refractivity contribution in [1.29, 1.82) is 0 Å². The van der Waals surface area contributed by atoms with Crippen LogP contribution in [0.15, 0.2) is 29.4 Å². The third-order valence-electron chi connectivity index (χ3n) is 5.00. The van der Waals surface area contributed by atoms with Gasteiger partial charge in [0, 0.05) is 24.8 Å². The largest absolute Gasteiger partial charge is 0.497 e. The molecule has 2 aliphatic heterocycles. The second-order valence-electron chi connectivity index (χ2n) is 6.58. The van der Waals surface area contributed by atoms with Gasteiger partial charge in [0.2, 0.25) is 0 Å². The Bertz CT molecular complexity index is 700. The lowest BCUT2D eigenvalue weighted by molar-refractivity contribution is -0.206. The molecule has 0 radical (unpaired) electrons. The molecule has 3 aliphatic rings. The highest BCUT2D eigenvalue weighted by Gasteiger charge is 2.50. The lowest BCUT2D eigenvalue weighted by Gasteiger charge is -2.39. The van der Waals surface area contributed by atoms with Crippen LogP contribution in [-0.2, 0) is 14.3 Å². The standard InChI is InChI=1S/C19H21NO4/c1-21-17-4-2-3-15(13-17)5-6-16-14-18(24-20-16)7-9-19(10-8-18)22-11-12-23-19/h2-4,13H,7-12,14H2,1H3. The molecular weight excluding hydrogens is 306 g/mol. The predicted molar refractivity (Wildman–Crippen MR) is 88.8 cm³/mol. The van der Waals surface area contributed by atoms with E-state index >= 15 is 0 Å². The first-order chi connectivity index (χ1) is 11.7. The van der Waals surface area contributed by atoms with Crippen molar-refractivity contribution in [3.8, 4) is 17.6 Å². The first-order valence-electron chi connectivity index (χ1n) is 8.40. The lowest BCUT2D eigenvalue weighted by atomic mass is 9.78. The van der Waals surface area contributed by atoms with Gasteiger partial charge >= 0.3 is 0 Å². The molecule has 2 fully saturated rings. The summed E-state index contributed by atoms with van der Waals surface area (Å²) in [6.45, 7) is 1.39. The van der Waals surface area contributed by atoms with E-state index in [2.05, 4.69) is 17.0 Å². The Kier molecular flexibility index (Phi) is 3.95. The van der Waals surface area contributed by atoms with Crippen LogP contribution in [0.5, 0.6) is 5.75 Å². The quantitative estimate of drug-likeness (QED) is 0.744. The maximum absolute atomic E-state index is 5.78. The fraction of sp³-hybridized carbons (Fsp3) is 0.526. The van der Waals surface area contributed by atoms with Crippen molar-refractivity contribution in [3.05, 3.63) is 29.8 Å². The van der Waals surface area contributed by atoms with Crippen molar-refractivity contribution >= 4 is 5.71 Å². The van der Waals surface area contributed by atoms with E-state index in [0.717, 1.165) is 49.1 Å². The van der Waals surface area contributed by atoms with E-state index in [1.807, 2.05) is 24.3 Å². The van der Waals surface area contributed by atoms with Gasteiger partial charge in [-0.3, -0.25) is 0 Å². The molecule has 0 amide bonds. The molecule has 5 nitrogen and oxygen atoms in total. The molecule has 1 aromatic rings. The summed E-state index contributed by atoms with van der Waals surface area (Å²) in [4.78, 5) is 5.78. The fourth-order valence-electron chi connectivity index (χ4n) is 3.57. The Labute approximate surface area is 141 Å². The molecule has 0 aromatic heterocycles. The fourth-order valence-corrected chi connectivity index (χ4v) is 3.57. The number of hydrogen-bond donors (Lipinski definition) is 0. The highest BCUT2D eigenvalue weighted by Crippen LogP contribution is 2.45. The third kappa shape index (κ3) is 3.00. The van der Waals surface area contributed by atoms with E-state index in [4.69, 9.17) is 19.0 Å². The Morgan fingerprint density at radius 1 is 1.08 bits per heavy atom. The van der Waals surface area contributed by atoms with E-state index in [0.29, 0.717) is 13.2 Å². The number of ether oxygens (including phenoxy) is 3. The third-order valence-corrected chi connectivity index (χ3v) is 5.00. The van der Waals surface area contributed by atoms with E-state index in [9.17, 15) is 0 Å². The molecule has 1 aliphatic carbocycles. The minimum atomic E-state index is -0.371. The molecule has 4 rings (SSSR count). The SMILES string of the molecule is COc1cccc(C#CC2=NOC3(CCC4(CC3)OCCO4)C2)c1. The molecule has 2 heterocycles. The molecule has 5 heteroatoms. The zero-order valence-electron chi connectivity index (χ0n) is 13.8. The van der Waals surface area contributed by atoms with Gasteiger partial charge < -0.3 is 19.0 Å². The second kappa shape index (κ2) is 6.12. The summed E-state index contributed by atoms with van der Waals surface area (Å²) in [6, 6.07) is 7.71. The van der Waals surface area contributed by atoms with Crippen molar-refractivity contribution < 1.29 is 19.0 Å². The molecule has 126 valence electrons. The maximum atomic E-state index is 5.78. The summed E-state index contributed by atoms with van der Waals surface area (Å²) in [7, 11) is 1.65. The van der Waals surface area contributed by atoms with Crippen LogP contribution in [-0.4, -0.2) is 37.4 Å². The first-order valence-corrected chi connectivity index (χ1v) is 8.40. The number of oxime groups is 1. The van der Waals surface area contributed by atoms with E-state index in [1.165, 1.54) is 0 Å². The molecular formula is C19H21NO4. The van der Waals surface area contributed by atoms with Gasteiger partial charge in [0.1, 0.15) is 17.1 Å². The van der Waals surface area contributed by atoms with E-state index < -0.39 is 0 Å². The Hall–Kier alpha value is -2.03. The monoisotopic (exact) mass is 327 g/mol. The molecule has 0 bridgehead atoms. The number of rotatable bonds is 1. The summed E-state index contributed by atoms with van der Waals surface area (Å²) in [5.74, 6) is 6.71. The molecule has 0 unspecified atom stereocenters. The van der Waals surface area contributed by atoms with Crippen LogP contribution >= 0.6 is 0 Å². The topological polar surface area (TPSA) is 49.3 Å². The summed E-state index contributed by atoms with van der Waals surface area (Å²) < 4.78 is 16.8. The smallest absolute Gasteiger partial charge is 0.168 e. The minimum Gasteiger partial charge on any atom is -0.497 e. The van der Waals surface area contributed by atoms with Gasteiger partial charge in [0.15, 0.2) is 5.79 Å². The minimum absolute atomic E-state index is 0.223. The second-order valence-corrected chi connectivity index (χ2v) is 6.58. The zero-order chi connectivity index (χ0) is 16.5. The summed E-state index contributed by atoms with van der Waals surface area (Å²) >= 11 is 0. The number of hydrogen-bond acceptors (Lipinski definition) is 5. The highest BCUT2D eigenvalue weighted by molar-refractivity contribution is 6.01. The van der Waals surface area contributed by atoms with E-state index in [1.54, 1.807) is 7.11 Å². The van der Waals surface area contributed by atoms with Gasteiger partial charge in [0.05, 0.1) is 20.3 Å². The molecule has 2 spiro atoms. The van der Waals surface area contributed by atoms with Crippen molar-refractivity contribution in [2.75, 3.05) is 20.3 Å². The van der Waals surface area contributed by atoms with Gasteiger partial charge in [-0.1, -0.05) is 17.1 Å². The van der Waals surface area contributed by atoms with Crippen LogP contribution in [0.4, 0.5) is 0 Å². The van der Waals surface area contributed by atoms with Gasteiger partial charge in [-0.15, -0.1) is 0 Å². The summed E-state index contributed by atoms with van der Waals surface area (Å²) in [6.07, 6.45) is 4.26. The molecule has 0 atom stereocenters. The zero-order valence-corrected chi connectivity index (χ0v) is 13.8. The van der Waals surface area contributed by atoms with Crippen molar-refractivity contribution in [2.45, 2.75) is 43.5 Å². The Balaban J connectivity index is 1.39. The molecule has 0 N–H and O–H groups in total. The van der Waals surface area contributed by atoms with Crippen LogP contribution in [0.1, 0.15) is 37.7 Å². The molecule has 1 saturated carbocycles. The lowest BCUT2D eigenvalue weighted by Crippen LogP contribution is -2.43. The van der Waals surface area contributed by atoms with E-state index in [-0.39, 0.29) is 11.4 Å². The summed E-state index contributed by atoms with van der Waals surface area (Å²) in [5, 5.41) is 4.22. The number of methoxy groups -OCH3 is 1.